The molecule has 0 aliphatic heterocycles. The number of carbonyl (C=O) groups excluding carboxylic acids is 2. The second-order valence-electron chi connectivity index (χ2n) is 8.19. The minimum atomic E-state index is -0.878. The smallest absolute Gasteiger partial charge is 0.258 e. The number of fused-ring (bicyclic) bond motifs is 3. The molecule has 3 saturated carbocycles. The summed E-state index contributed by atoms with van der Waals surface area (Å²) >= 11 is 11.6. The largest absolute Gasteiger partial charge is 0.484 e. The van der Waals surface area contributed by atoms with Crippen LogP contribution in [0.25, 0.3) is 0 Å². The number of rotatable bonds is 7. The number of hydrogen-bond donors (Lipinski definition) is 1. The number of ketones is 1. The highest BCUT2D eigenvalue weighted by atomic mass is 35.5. The molecule has 0 atom stereocenters. The average molecular weight is 466 g/mol. The van der Waals surface area contributed by atoms with Crippen molar-refractivity contribution in [2.24, 2.45) is 0 Å². The molecule has 5 rings (SSSR count). The molecular weight excluding hydrogens is 444 g/mol. The Balaban J connectivity index is 1.31. The molecule has 0 heterocycles. The maximum atomic E-state index is 13.5. The van der Waals surface area contributed by atoms with Crippen molar-refractivity contribution in [3.8, 4) is 5.75 Å². The third kappa shape index (κ3) is 4.86. The molecule has 1 amide bonds. The van der Waals surface area contributed by atoms with E-state index in [0.717, 1.165) is 11.6 Å². The summed E-state index contributed by atoms with van der Waals surface area (Å²) in [6.45, 7) is 0.101. The second-order valence-corrected chi connectivity index (χ2v) is 9.04. The molecule has 31 heavy (non-hydrogen) atoms. The molecule has 8 heteroatoms. The minimum absolute atomic E-state index is 0.0209. The number of amides is 1. The highest BCUT2D eigenvalue weighted by Gasteiger charge is 2.55. The fraction of sp³-hybridized carbons (Fsp3) is 0.391. The van der Waals surface area contributed by atoms with Crippen molar-refractivity contribution in [2.75, 3.05) is 6.61 Å². The number of Topliss-reactive ketones (excluding diaryl/α,β-unsaturated/α-hetero) is 1. The third-order valence-corrected chi connectivity index (χ3v) is 6.69. The molecule has 0 unspecified atom stereocenters. The van der Waals surface area contributed by atoms with Gasteiger partial charge in [-0.05, 0) is 55.5 Å². The van der Waals surface area contributed by atoms with E-state index in [0.29, 0.717) is 37.3 Å². The lowest BCUT2D eigenvalue weighted by molar-refractivity contribution is -0.162. The first kappa shape index (κ1) is 22.1. The van der Waals surface area contributed by atoms with E-state index in [4.69, 9.17) is 32.7 Å². The van der Waals surface area contributed by atoms with Gasteiger partial charge in [-0.2, -0.15) is 0 Å². The SMILES string of the molecule is O=C(COc1ccc(Cl)c(F)c1)NC12CCC(OCc3ccc(Cl)cc3)(CC1)CC2=O. The van der Waals surface area contributed by atoms with Crippen LogP contribution in [0.1, 0.15) is 37.7 Å². The van der Waals surface area contributed by atoms with E-state index in [1.165, 1.54) is 12.1 Å². The van der Waals surface area contributed by atoms with Gasteiger partial charge in [0, 0.05) is 17.5 Å². The van der Waals surface area contributed by atoms with Crippen LogP contribution in [-0.2, 0) is 20.9 Å². The van der Waals surface area contributed by atoms with E-state index in [1.807, 2.05) is 24.3 Å². The van der Waals surface area contributed by atoms with Crippen molar-refractivity contribution >= 4 is 34.9 Å². The van der Waals surface area contributed by atoms with Crippen molar-refractivity contribution in [2.45, 2.75) is 49.9 Å². The van der Waals surface area contributed by atoms with Crippen LogP contribution in [0.15, 0.2) is 42.5 Å². The lowest BCUT2D eigenvalue weighted by atomic mass is 9.62. The van der Waals surface area contributed by atoms with Crippen LogP contribution in [-0.4, -0.2) is 29.4 Å². The lowest BCUT2D eigenvalue weighted by Crippen LogP contribution is -2.65. The van der Waals surface area contributed by atoms with E-state index in [9.17, 15) is 14.0 Å². The number of nitrogens with one attached hydrogen (secondary N) is 1. The molecule has 2 bridgehead atoms. The third-order valence-electron chi connectivity index (χ3n) is 6.13. The van der Waals surface area contributed by atoms with Gasteiger partial charge in [-0.15, -0.1) is 0 Å². The monoisotopic (exact) mass is 465 g/mol. The summed E-state index contributed by atoms with van der Waals surface area (Å²) in [5.74, 6) is -0.863. The van der Waals surface area contributed by atoms with Gasteiger partial charge < -0.3 is 14.8 Å². The Kier molecular flexibility index (Phi) is 6.24. The predicted molar refractivity (Wildman–Crippen MR) is 115 cm³/mol. The molecule has 1 N–H and O–H groups in total. The van der Waals surface area contributed by atoms with Crippen molar-refractivity contribution in [3.05, 3.63) is 63.9 Å². The summed E-state index contributed by atoms with van der Waals surface area (Å²) < 4.78 is 25.0. The topological polar surface area (TPSA) is 64.6 Å². The lowest BCUT2D eigenvalue weighted by Gasteiger charge is -2.51. The van der Waals surface area contributed by atoms with Gasteiger partial charge in [0.05, 0.1) is 22.8 Å². The summed E-state index contributed by atoms with van der Waals surface area (Å²) in [5.41, 5.74) is -0.366. The zero-order valence-corrected chi connectivity index (χ0v) is 18.3. The molecule has 0 spiro atoms. The van der Waals surface area contributed by atoms with Crippen LogP contribution in [0.3, 0.4) is 0 Å². The Morgan fingerprint density at radius 2 is 1.77 bits per heavy atom. The van der Waals surface area contributed by atoms with Gasteiger partial charge in [0.2, 0.25) is 0 Å². The Morgan fingerprint density at radius 1 is 1.06 bits per heavy atom. The zero-order valence-electron chi connectivity index (χ0n) is 16.8. The average Bonchev–Trinajstić information content (AvgIpc) is 2.76. The normalized spacial score (nSPS) is 24.8. The van der Waals surface area contributed by atoms with Crippen LogP contribution in [0.5, 0.6) is 5.75 Å². The second kappa shape index (κ2) is 8.77. The standard InChI is InChI=1S/C23H22Cl2FNO4/c24-16-3-1-15(2-4-16)13-31-22-7-9-23(10-8-22,20(28)12-22)27-21(29)14-30-17-5-6-18(25)19(26)11-17/h1-6,11H,7-10,12-14H2,(H,27,29). The van der Waals surface area contributed by atoms with Crippen LogP contribution in [0.2, 0.25) is 10.0 Å². The van der Waals surface area contributed by atoms with Gasteiger partial charge in [0.15, 0.2) is 12.4 Å². The maximum absolute atomic E-state index is 13.5. The fourth-order valence-corrected chi connectivity index (χ4v) is 4.52. The molecular formula is C23H22Cl2FNO4. The number of halogens is 3. The molecule has 2 aromatic carbocycles. The zero-order chi connectivity index (χ0) is 22.1. The van der Waals surface area contributed by atoms with Crippen LogP contribution in [0, 0.1) is 5.82 Å². The first-order valence-corrected chi connectivity index (χ1v) is 10.9. The summed E-state index contributed by atoms with van der Waals surface area (Å²) in [6, 6.07) is 11.4. The van der Waals surface area contributed by atoms with E-state index in [2.05, 4.69) is 5.32 Å². The summed E-state index contributed by atoms with van der Waals surface area (Å²) in [7, 11) is 0. The van der Waals surface area contributed by atoms with E-state index >= 15 is 0 Å². The Labute approximate surface area is 189 Å². The Morgan fingerprint density at radius 3 is 2.42 bits per heavy atom. The number of benzene rings is 2. The van der Waals surface area contributed by atoms with Crippen LogP contribution < -0.4 is 10.1 Å². The molecule has 3 fully saturated rings. The summed E-state index contributed by atoms with van der Waals surface area (Å²) in [4.78, 5) is 25.3. The summed E-state index contributed by atoms with van der Waals surface area (Å²) in [5, 5.41) is 3.50. The Hall–Kier alpha value is -2.15. The highest BCUT2D eigenvalue weighted by Crippen LogP contribution is 2.47. The first-order chi connectivity index (χ1) is 14.8. The van der Waals surface area contributed by atoms with Gasteiger partial charge in [-0.25, -0.2) is 4.39 Å². The van der Waals surface area contributed by atoms with Gasteiger partial charge in [-0.1, -0.05) is 35.3 Å². The molecule has 0 saturated heterocycles. The van der Waals surface area contributed by atoms with E-state index < -0.39 is 22.9 Å². The molecule has 2 aromatic rings. The number of hydrogen-bond acceptors (Lipinski definition) is 4. The number of ether oxygens (including phenoxy) is 2. The van der Waals surface area contributed by atoms with Crippen molar-refractivity contribution in [1.82, 2.24) is 5.32 Å². The van der Waals surface area contributed by atoms with Crippen molar-refractivity contribution < 1.29 is 23.5 Å². The van der Waals surface area contributed by atoms with Gasteiger partial charge in [0.25, 0.3) is 5.91 Å². The molecule has 3 aliphatic rings. The number of carbonyl (C=O) groups is 2. The van der Waals surface area contributed by atoms with E-state index in [-0.39, 0.29) is 29.6 Å². The first-order valence-electron chi connectivity index (χ1n) is 10.1. The molecule has 5 nitrogen and oxygen atoms in total. The molecule has 0 aromatic heterocycles. The van der Waals surface area contributed by atoms with Crippen molar-refractivity contribution in [3.63, 3.8) is 0 Å². The minimum Gasteiger partial charge on any atom is -0.484 e. The fourth-order valence-electron chi connectivity index (χ4n) is 4.28. The maximum Gasteiger partial charge on any atom is 0.258 e. The highest BCUT2D eigenvalue weighted by molar-refractivity contribution is 6.30. The van der Waals surface area contributed by atoms with Crippen LogP contribution in [0.4, 0.5) is 4.39 Å². The summed E-state index contributed by atoms with van der Waals surface area (Å²) in [6.07, 6.45) is 2.69. The van der Waals surface area contributed by atoms with Crippen molar-refractivity contribution in [1.29, 1.82) is 0 Å². The molecule has 3 aliphatic carbocycles. The predicted octanol–water partition coefficient (Wildman–Crippen LogP) is 4.87. The van der Waals surface area contributed by atoms with Gasteiger partial charge in [0.1, 0.15) is 11.6 Å². The quantitative estimate of drug-likeness (QED) is 0.633. The molecule has 164 valence electrons. The van der Waals surface area contributed by atoms with Gasteiger partial charge >= 0.3 is 0 Å². The van der Waals surface area contributed by atoms with Gasteiger partial charge in [-0.3, -0.25) is 9.59 Å². The van der Waals surface area contributed by atoms with Crippen LogP contribution >= 0.6 is 23.2 Å². The van der Waals surface area contributed by atoms with E-state index in [1.54, 1.807) is 0 Å². The Bertz CT molecular complexity index is 988. The molecule has 0 radical (unpaired) electrons.